The Morgan fingerprint density at radius 2 is 1.74 bits per heavy atom. The quantitative estimate of drug-likeness (QED) is 0.714. The molecule has 1 heterocycles. The molecule has 0 atom stereocenters. The van der Waals surface area contributed by atoms with E-state index in [4.69, 9.17) is 16.3 Å². The van der Waals surface area contributed by atoms with Gasteiger partial charge in [0.2, 0.25) is 0 Å². The number of esters is 2. The lowest BCUT2D eigenvalue weighted by molar-refractivity contribution is -0.274. The third-order valence-electron chi connectivity index (χ3n) is 3.31. The van der Waals surface area contributed by atoms with E-state index in [-0.39, 0.29) is 22.0 Å². The van der Waals surface area contributed by atoms with Crippen molar-refractivity contribution in [1.82, 2.24) is 0 Å². The van der Waals surface area contributed by atoms with Crippen molar-refractivity contribution in [3.63, 3.8) is 0 Å². The number of anilines is 1. The van der Waals surface area contributed by atoms with Crippen LogP contribution in [0.4, 0.5) is 18.9 Å². The SMILES string of the molecule is COC(=O)C1=C(C(=O)OC)N(c2ccc(OC(F)(F)F)c(Cl)c2)C=CC=C1. The number of benzene rings is 1. The van der Waals surface area contributed by atoms with Gasteiger partial charge in [-0.05, 0) is 30.4 Å². The predicted molar refractivity (Wildman–Crippen MR) is 90.0 cm³/mol. The van der Waals surface area contributed by atoms with E-state index in [2.05, 4.69) is 9.47 Å². The van der Waals surface area contributed by atoms with Gasteiger partial charge in [0.25, 0.3) is 0 Å². The third-order valence-corrected chi connectivity index (χ3v) is 3.60. The number of hydrogen-bond donors (Lipinski definition) is 0. The molecule has 1 aromatic rings. The number of methoxy groups -OCH3 is 2. The highest BCUT2D eigenvalue weighted by Crippen LogP contribution is 2.35. The summed E-state index contributed by atoms with van der Waals surface area (Å²) in [6.45, 7) is 0. The smallest absolute Gasteiger partial charge is 0.465 e. The Hall–Kier alpha value is -2.94. The van der Waals surface area contributed by atoms with Gasteiger partial charge in [-0.25, -0.2) is 9.59 Å². The maximum atomic E-state index is 12.4. The van der Waals surface area contributed by atoms with Crippen LogP contribution in [0, 0.1) is 0 Å². The van der Waals surface area contributed by atoms with Crippen LogP contribution in [0.2, 0.25) is 5.02 Å². The number of hydrogen-bond acceptors (Lipinski definition) is 6. The van der Waals surface area contributed by atoms with Crippen molar-refractivity contribution < 1.29 is 37.0 Å². The lowest BCUT2D eigenvalue weighted by Crippen LogP contribution is -2.27. The maximum Gasteiger partial charge on any atom is 0.573 e. The van der Waals surface area contributed by atoms with Gasteiger partial charge in [0, 0.05) is 11.9 Å². The molecule has 27 heavy (non-hydrogen) atoms. The highest BCUT2D eigenvalue weighted by Gasteiger charge is 2.33. The Balaban J connectivity index is 2.56. The van der Waals surface area contributed by atoms with Crippen LogP contribution in [-0.4, -0.2) is 32.5 Å². The van der Waals surface area contributed by atoms with Gasteiger partial charge in [-0.1, -0.05) is 17.7 Å². The molecule has 0 spiro atoms. The van der Waals surface area contributed by atoms with Crippen molar-refractivity contribution in [2.45, 2.75) is 6.36 Å². The topological polar surface area (TPSA) is 65.1 Å². The molecule has 1 aliphatic heterocycles. The first-order valence-corrected chi connectivity index (χ1v) is 7.66. The second-order valence-corrected chi connectivity index (χ2v) is 5.39. The fraction of sp³-hybridized carbons (Fsp3) is 0.176. The number of allylic oxidation sites excluding steroid dienone is 2. The first-order valence-electron chi connectivity index (χ1n) is 7.28. The van der Waals surface area contributed by atoms with Crippen LogP contribution in [0.25, 0.3) is 0 Å². The Labute approximate surface area is 157 Å². The molecule has 0 aliphatic carbocycles. The van der Waals surface area contributed by atoms with Gasteiger partial charge in [-0.15, -0.1) is 13.2 Å². The predicted octanol–water partition coefficient (Wildman–Crippen LogP) is 3.73. The summed E-state index contributed by atoms with van der Waals surface area (Å²) in [5.74, 6) is -2.27. The van der Waals surface area contributed by atoms with Crippen molar-refractivity contribution in [3.8, 4) is 5.75 Å². The van der Waals surface area contributed by atoms with E-state index in [0.29, 0.717) is 0 Å². The highest BCUT2D eigenvalue weighted by atomic mass is 35.5. The van der Waals surface area contributed by atoms with Gasteiger partial charge in [0.1, 0.15) is 11.4 Å². The number of nitrogens with zero attached hydrogens (tertiary/aromatic N) is 1. The van der Waals surface area contributed by atoms with E-state index >= 15 is 0 Å². The molecule has 1 aliphatic rings. The molecule has 10 heteroatoms. The number of ether oxygens (including phenoxy) is 3. The van der Waals surface area contributed by atoms with Gasteiger partial charge in [-0.3, -0.25) is 0 Å². The van der Waals surface area contributed by atoms with Crippen molar-refractivity contribution in [3.05, 3.63) is 58.9 Å². The fourth-order valence-electron chi connectivity index (χ4n) is 2.21. The molecule has 1 aromatic carbocycles. The van der Waals surface area contributed by atoms with Crippen molar-refractivity contribution in [2.24, 2.45) is 0 Å². The molecule has 0 N–H and O–H groups in total. The van der Waals surface area contributed by atoms with Crippen LogP contribution in [0.1, 0.15) is 0 Å². The standard InChI is InChI=1S/C17H13ClF3NO5/c1-25-15(23)11-5-3-4-8-22(14(11)16(24)26-2)10-6-7-13(12(18)9-10)27-17(19,20)21/h3-9H,1-2H3. The van der Waals surface area contributed by atoms with Gasteiger partial charge in [-0.2, -0.15) is 0 Å². The number of rotatable bonds is 4. The van der Waals surface area contributed by atoms with Crippen molar-refractivity contribution in [1.29, 1.82) is 0 Å². The Morgan fingerprint density at radius 3 is 2.30 bits per heavy atom. The molecular formula is C17H13ClF3NO5. The summed E-state index contributed by atoms with van der Waals surface area (Å²) in [5.41, 5.74) is -0.118. The Morgan fingerprint density at radius 1 is 1.07 bits per heavy atom. The second kappa shape index (κ2) is 8.17. The second-order valence-electron chi connectivity index (χ2n) is 4.98. The summed E-state index contributed by atoms with van der Waals surface area (Å²) in [4.78, 5) is 25.5. The lowest BCUT2D eigenvalue weighted by Gasteiger charge is -2.23. The molecule has 0 saturated heterocycles. The van der Waals surface area contributed by atoms with Crippen LogP contribution >= 0.6 is 11.6 Å². The van der Waals surface area contributed by atoms with E-state index in [1.807, 2.05) is 0 Å². The number of alkyl halides is 3. The van der Waals surface area contributed by atoms with Crippen LogP contribution < -0.4 is 9.64 Å². The lowest BCUT2D eigenvalue weighted by atomic mass is 10.1. The van der Waals surface area contributed by atoms with Crippen LogP contribution in [0.3, 0.4) is 0 Å². The normalized spacial score (nSPS) is 14.1. The molecule has 6 nitrogen and oxygen atoms in total. The summed E-state index contributed by atoms with van der Waals surface area (Å²) < 4.78 is 50.4. The molecule has 0 aromatic heterocycles. The van der Waals surface area contributed by atoms with E-state index < -0.39 is 24.1 Å². The largest absolute Gasteiger partial charge is 0.573 e. The van der Waals surface area contributed by atoms with E-state index in [0.717, 1.165) is 26.4 Å². The summed E-state index contributed by atoms with van der Waals surface area (Å²) in [6.07, 6.45) is 0.837. The first-order chi connectivity index (χ1) is 12.7. The van der Waals surface area contributed by atoms with Crippen molar-refractivity contribution >= 4 is 29.2 Å². The third kappa shape index (κ3) is 4.82. The molecule has 0 unspecified atom stereocenters. The average molecular weight is 404 g/mol. The minimum Gasteiger partial charge on any atom is -0.465 e. The molecular weight excluding hydrogens is 391 g/mol. The maximum absolute atomic E-state index is 12.4. The number of carbonyl (C=O) groups is 2. The highest BCUT2D eigenvalue weighted by molar-refractivity contribution is 6.32. The molecule has 0 radical (unpaired) electrons. The summed E-state index contributed by atoms with van der Waals surface area (Å²) in [6, 6.07) is 3.38. The Bertz CT molecular complexity index is 845. The molecule has 0 amide bonds. The average Bonchev–Trinajstić information content (AvgIpc) is 2.84. The van der Waals surface area contributed by atoms with Gasteiger partial charge >= 0.3 is 18.3 Å². The summed E-state index contributed by atoms with van der Waals surface area (Å²) >= 11 is 5.87. The van der Waals surface area contributed by atoms with Gasteiger partial charge < -0.3 is 19.1 Å². The molecule has 0 saturated carbocycles. The fourth-order valence-corrected chi connectivity index (χ4v) is 2.43. The van der Waals surface area contributed by atoms with E-state index in [1.54, 1.807) is 0 Å². The zero-order chi connectivity index (χ0) is 20.2. The monoisotopic (exact) mass is 403 g/mol. The molecule has 0 bridgehead atoms. The number of halogens is 4. The zero-order valence-corrected chi connectivity index (χ0v) is 14.8. The van der Waals surface area contributed by atoms with Gasteiger partial charge in [0.15, 0.2) is 0 Å². The van der Waals surface area contributed by atoms with Crippen molar-refractivity contribution in [2.75, 3.05) is 19.1 Å². The molecule has 2 rings (SSSR count). The summed E-state index contributed by atoms with van der Waals surface area (Å²) in [5, 5.41) is -0.348. The first kappa shape index (κ1) is 20.4. The van der Waals surface area contributed by atoms with Crippen LogP contribution in [0.5, 0.6) is 5.75 Å². The Kier molecular flexibility index (Phi) is 6.17. The number of carbonyl (C=O) groups excluding carboxylic acids is 2. The molecule has 144 valence electrons. The molecule has 0 fully saturated rings. The zero-order valence-electron chi connectivity index (χ0n) is 14.0. The van der Waals surface area contributed by atoms with E-state index in [9.17, 15) is 22.8 Å². The van der Waals surface area contributed by atoms with Crippen LogP contribution in [-0.2, 0) is 19.1 Å². The minimum atomic E-state index is -4.91. The van der Waals surface area contributed by atoms with Gasteiger partial charge in [0.05, 0.1) is 24.8 Å². The minimum absolute atomic E-state index is 0.110. The van der Waals surface area contributed by atoms with E-state index in [1.165, 1.54) is 35.4 Å². The summed E-state index contributed by atoms with van der Waals surface area (Å²) in [7, 11) is 2.26. The van der Waals surface area contributed by atoms with Crippen LogP contribution in [0.15, 0.2) is 53.9 Å².